The number of thiophene rings is 1. The number of anilines is 1. The van der Waals surface area contributed by atoms with Crippen LogP contribution in [0.5, 0.6) is 0 Å². The molecule has 0 spiro atoms. The van der Waals surface area contributed by atoms with Gasteiger partial charge < -0.3 is 5.32 Å². The molecule has 0 aliphatic heterocycles. The van der Waals surface area contributed by atoms with Gasteiger partial charge in [0.05, 0.1) is 5.56 Å². The van der Waals surface area contributed by atoms with Gasteiger partial charge in [0, 0.05) is 17.2 Å². The molecule has 1 N–H and O–H groups in total. The normalized spacial score (nSPS) is 17.6. The van der Waals surface area contributed by atoms with E-state index < -0.39 is 0 Å². The summed E-state index contributed by atoms with van der Waals surface area (Å²) in [6.45, 7) is 2.23. The summed E-state index contributed by atoms with van der Waals surface area (Å²) in [7, 11) is 0. The van der Waals surface area contributed by atoms with E-state index in [0.717, 1.165) is 29.8 Å². The number of amides is 1. The number of nitriles is 1. The highest BCUT2D eigenvalue weighted by atomic mass is 35.5. The smallest absolute Gasteiger partial charge is 0.225 e. The molecule has 1 amide bonds. The molecule has 0 saturated heterocycles. The van der Waals surface area contributed by atoms with Crippen LogP contribution in [-0.4, -0.2) is 11.8 Å². The van der Waals surface area contributed by atoms with Gasteiger partial charge in [0.15, 0.2) is 0 Å². The molecule has 0 fully saturated rings. The number of halogens is 1. The van der Waals surface area contributed by atoms with E-state index in [4.69, 9.17) is 11.6 Å². The van der Waals surface area contributed by atoms with Crippen LogP contribution in [0.25, 0.3) is 0 Å². The molecular formula is C14H17ClN2OS. The molecule has 0 radical (unpaired) electrons. The molecule has 1 atom stereocenters. The summed E-state index contributed by atoms with van der Waals surface area (Å²) in [6.07, 6.45) is 4.17. The number of hydrogen-bond acceptors (Lipinski definition) is 3. The first-order valence-electron chi connectivity index (χ1n) is 6.56. The van der Waals surface area contributed by atoms with E-state index in [2.05, 4.69) is 18.3 Å². The van der Waals surface area contributed by atoms with E-state index in [1.54, 1.807) is 11.3 Å². The van der Waals surface area contributed by atoms with E-state index in [-0.39, 0.29) is 5.91 Å². The first-order chi connectivity index (χ1) is 9.15. The largest absolute Gasteiger partial charge is 0.317 e. The van der Waals surface area contributed by atoms with Crippen LogP contribution in [0.4, 0.5) is 5.00 Å². The predicted molar refractivity (Wildman–Crippen MR) is 78.8 cm³/mol. The van der Waals surface area contributed by atoms with E-state index in [1.165, 1.54) is 4.88 Å². The Bertz CT molecular complexity index is 518. The minimum atomic E-state index is -0.0520. The molecule has 0 saturated carbocycles. The minimum Gasteiger partial charge on any atom is -0.317 e. The molecule has 1 aliphatic carbocycles. The van der Waals surface area contributed by atoms with Crippen LogP contribution in [0.1, 0.15) is 42.2 Å². The maximum Gasteiger partial charge on any atom is 0.225 e. The van der Waals surface area contributed by atoms with Gasteiger partial charge in [0.1, 0.15) is 11.1 Å². The van der Waals surface area contributed by atoms with Gasteiger partial charge >= 0.3 is 0 Å². The molecule has 1 aromatic heterocycles. The van der Waals surface area contributed by atoms with Gasteiger partial charge in [0.25, 0.3) is 0 Å². The lowest BCUT2D eigenvalue weighted by Crippen LogP contribution is -2.11. The Kier molecular flexibility index (Phi) is 4.84. The molecule has 19 heavy (non-hydrogen) atoms. The maximum atomic E-state index is 11.7. The second kappa shape index (κ2) is 6.40. The molecule has 102 valence electrons. The minimum absolute atomic E-state index is 0.0520. The van der Waals surface area contributed by atoms with Crippen LogP contribution in [-0.2, 0) is 17.6 Å². The topological polar surface area (TPSA) is 52.9 Å². The lowest BCUT2D eigenvalue weighted by Gasteiger charge is -2.17. The van der Waals surface area contributed by atoms with Crippen molar-refractivity contribution in [2.45, 2.75) is 39.0 Å². The lowest BCUT2D eigenvalue weighted by molar-refractivity contribution is -0.116. The van der Waals surface area contributed by atoms with Crippen LogP contribution in [0, 0.1) is 17.2 Å². The van der Waals surface area contributed by atoms with Crippen molar-refractivity contribution in [2.75, 3.05) is 11.2 Å². The maximum absolute atomic E-state index is 11.7. The number of nitrogens with one attached hydrogen (secondary N) is 1. The number of fused-ring (bicyclic) bond motifs is 1. The molecular weight excluding hydrogens is 280 g/mol. The Hall–Kier alpha value is -1.05. The predicted octanol–water partition coefficient (Wildman–Crippen LogP) is 3.70. The van der Waals surface area contributed by atoms with Gasteiger partial charge in [-0.3, -0.25) is 4.79 Å². The van der Waals surface area contributed by atoms with E-state index >= 15 is 0 Å². The van der Waals surface area contributed by atoms with Crippen molar-refractivity contribution < 1.29 is 4.79 Å². The Balaban J connectivity index is 2.17. The number of carbonyl (C=O) groups excluding carboxylic acids is 1. The Morgan fingerprint density at radius 1 is 1.63 bits per heavy atom. The van der Waals surface area contributed by atoms with Crippen molar-refractivity contribution in [3.05, 3.63) is 16.0 Å². The van der Waals surface area contributed by atoms with Crippen molar-refractivity contribution in [1.82, 2.24) is 0 Å². The fourth-order valence-corrected chi connectivity index (χ4v) is 3.88. The zero-order valence-corrected chi connectivity index (χ0v) is 12.5. The van der Waals surface area contributed by atoms with Crippen LogP contribution in [0.3, 0.4) is 0 Å². The zero-order valence-electron chi connectivity index (χ0n) is 11.0. The Morgan fingerprint density at radius 2 is 2.42 bits per heavy atom. The van der Waals surface area contributed by atoms with E-state index in [0.29, 0.717) is 30.2 Å². The Morgan fingerprint density at radius 3 is 3.11 bits per heavy atom. The highest BCUT2D eigenvalue weighted by molar-refractivity contribution is 7.16. The molecule has 1 aromatic rings. The molecule has 1 heterocycles. The van der Waals surface area contributed by atoms with Crippen molar-refractivity contribution in [3.8, 4) is 6.07 Å². The molecule has 2 rings (SSSR count). The number of rotatable bonds is 4. The van der Waals surface area contributed by atoms with Crippen molar-refractivity contribution in [2.24, 2.45) is 5.92 Å². The second-order valence-corrected chi connectivity index (χ2v) is 6.49. The molecule has 3 nitrogen and oxygen atoms in total. The molecule has 5 heteroatoms. The summed E-state index contributed by atoms with van der Waals surface area (Å²) in [6, 6.07) is 2.25. The molecule has 0 unspecified atom stereocenters. The molecule has 0 bridgehead atoms. The second-order valence-electron chi connectivity index (χ2n) is 5.01. The van der Waals surface area contributed by atoms with Gasteiger partial charge in [-0.15, -0.1) is 22.9 Å². The van der Waals surface area contributed by atoms with E-state index in [1.807, 2.05) is 0 Å². The summed E-state index contributed by atoms with van der Waals surface area (Å²) in [5.74, 6) is 1.10. The quantitative estimate of drug-likeness (QED) is 0.861. The first kappa shape index (κ1) is 14.4. The van der Waals surface area contributed by atoms with Crippen molar-refractivity contribution in [3.63, 3.8) is 0 Å². The van der Waals surface area contributed by atoms with E-state index in [9.17, 15) is 10.1 Å². The third-order valence-corrected chi connectivity index (χ3v) is 4.85. The van der Waals surface area contributed by atoms with Crippen LogP contribution in [0.2, 0.25) is 0 Å². The third kappa shape index (κ3) is 3.29. The first-order valence-corrected chi connectivity index (χ1v) is 7.91. The average molecular weight is 297 g/mol. The highest BCUT2D eigenvalue weighted by Gasteiger charge is 2.24. The van der Waals surface area contributed by atoms with Gasteiger partial charge in [-0.2, -0.15) is 5.26 Å². The van der Waals surface area contributed by atoms with Crippen LogP contribution < -0.4 is 5.32 Å². The number of nitrogens with zero attached hydrogens (tertiary/aromatic N) is 1. The third-order valence-electron chi connectivity index (χ3n) is 3.41. The summed E-state index contributed by atoms with van der Waals surface area (Å²) in [5, 5.41) is 12.9. The fraction of sp³-hybridized carbons (Fsp3) is 0.571. The zero-order chi connectivity index (χ0) is 13.8. The lowest BCUT2D eigenvalue weighted by atomic mass is 9.89. The Labute approximate surface area is 122 Å². The SMILES string of the molecule is C[C@@H]1CCc2c(sc(NC(=O)CCCCl)c2C#N)C1. The van der Waals surface area contributed by atoms with Crippen molar-refractivity contribution in [1.29, 1.82) is 5.26 Å². The van der Waals surface area contributed by atoms with Gasteiger partial charge in [-0.05, 0) is 37.2 Å². The summed E-state index contributed by atoms with van der Waals surface area (Å²) >= 11 is 7.14. The molecule has 1 aliphatic rings. The summed E-state index contributed by atoms with van der Waals surface area (Å²) in [5.41, 5.74) is 1.82. The monoisotopic (exact) mass is 296 g/mol. The number of alkyl halides is 1. The highest BCUT2D eigenvalue weighted by Crippen LogP contribution is 2.39. The number of hydrogen-bond donors (Lipinski definition) is 1. The van der Waals surface area contributed by atoms with Gasteiger partial charge in [-0.1, -0.05) is 6.92 Å². The summed E-state index contributed by atoms with van der Waals surface area (Å²) in [4.78, 5) is 13.0. The molecule has 0 aromatic carbocycles. The average Bonchev–Trinajstić information content (AvgIpc) is 2.72. The van der Waals surface area contributed by atoms with Gasteiger partial charge in [-0.25, -0.2) is 0 Å². The standard InChI is InChI=1S/C14H17ClN2OS/c1-9-4-5-10-11(8-16)14(19-12(10)7-9)17-13(18)3-2-6-15/h9H,2-7H2,1H3,(H,17,18)/t9-/m1/s1. The van der Waals surface area contributed by atoms with Crippen LogP contribution >= 0.6 is 22.9 Å². The van der Waals surface area contributed by atoms with Gasteiger partial charge in [0.2, 0.25) is 5.91 Å². The number of carbonyl (C=O) groups is 1. The fourth-order valence-electron chi connectivity index (χ4n) is 2.37. The van der Waals surface area contributed by atoms with Crippen LogP contribution in [0.15, 0.2) is 0 Å². The summed E-state index contributed by atoms with van der Waals surface area (Å²) < 4.78 is 0. The van der Waals surface area contributed by atoms with Crippen molar-refractivity contribution >= 4 is 33.8 Å².